The Kier molecular flexibility index (Phi) is 7.10. The van der Waals surface area contributed by atoms with Gasteiger partial charge in [0.1, 0.15) is 22.1 Å². The predicted molar refractivity (Wildman–Crippen MR) is 133 cm³/mol. The Morgan fingerprint density at radius 3 is 2.24 bits per heavy atom. The van der Waals surface area contributed by atoms with Crippen LogP contribution in [0.3, 0.4) is 0 Å². The maximum atomic E-state index is 12.7. The SMILES string of the molecule is COc1ccc(C(=O)N/N=C\c2ccc(OC(=O)c3sc4cc(OC)ccc4c3Cl)cc2)cc1. The minimum absolute atomic E-state index is 0.316. The van der Waals surface area contributed by atoms with Crippen LogP contribution in [0.1, 0.15) is 25.6 Å². The Morgan fingerprint density at radius 2 is 1.56 bits per heavy atom. The summed E-state index contributed by atoms with van der Waals surface area (Å²) < 4.78 is 16.6. The van der Waals surface area contributed by atoms with Crippen molar-refractivity contribution in [2.45, 2.75) is 0 Å². The number of thiophene rings is 1. The van der Waals surface area contributed by atoms with E-state index in [9.17, 15) is 9.59 Å². The second-order valence-electron chi connectivity index (χ2n) is 6.99. The van der Waals surface area contributed by atoms with Gasteiger partial charge in [-0.25, -0.2) is 10.2 Å². The average Bonchev–Trinajstić information content (AvgIpc) is 3.20. The maximum absolute atomic E-state index is 12.7. The van der Waals surface area contributed by atoms with Crippen LogP contribution in [-0.4, -0.2) is 32.3 Å². The molecule has 0 atom stereocenters. The molecule has 0 unspecified atom stereocenters. The molecule has 1 amide bonds. The Hall–Kier alpha value is -3.88. The fourth-order valence-corrected chi connectivity index (χ4v) is 4.46. The molecule has 0 aliphatic rings. The van der Waals surface area contributed by atoms with Crippen LogP contribution in [0.4, 0.5) is 0 Å². The molecule has 172 valence electrons. The number of hydrogen-bond donors (Lipinski definition) is 1. The van der Waals surface area contributed by atoms with Crippen molar-refractivity contribution in [2.24, 2.45) is 5.10 Å². The predicted octanol–water partition coefficient (Wildman–Crippen LogP) is 5.56. The van der Waals surface area contributed by atoms with E-state index >= 15 is 0 Å². The first-order valence-corrected chi connectivity index (χ1v) is 11.2. The van der Waals surface area contributed by atoms with Gasteiger partial charge < -0.3 is 14.2 Å². The molecule has 1 N–H and O–H groups in total. The van der Waals surface area contributed by atoms with Crippen molar-refractivity contribution >= 4 is 51.1 Å². The molecule has 0 radical (unpaired) electrons. The highest BCUT2D eigenvalue weighted by Crippen LogP contribution is 2.37. The van der Waals surface area contributed by atoms with Gasteiger partial charge in [0, 0.05) is 15.6 Å². The van der Waals surface area contributed by atoms with Gasteiger partial charge in [0.15, 0.2) is 0 Å². The van der Waals surface area contributed by atoms with E-state index in [0.717, 1.165) is 10.1 Å². The fourth-order valence-electron chi connectivity index (χ4n) is 3.05. The van der Waals surface area contributed by atoms with Crippen molar-refractivity contribution in [2.75, 3.05) is 14.2 Å². The smallest absolute Gasteiger partial charge is 0.355 e. The van der Waals surface area contributed by atoms with Gasteiger partial charge in [0.2, 0.25) is 0 Å². The second-order valence-corrected chi connectivity index (χ2v) is 8.42. The van der Waals surface area contributed by atoms with Gasteiger partial charge >= 0.3 is 5.97 Å². The van der Waals surface area contributed by atoms with E-state index < -0.39 is 5.97 Å². The third-order valence-corrected chi connectivity index (χ3v) is 6.48. The largest absolute Gasteiger partial charge is 0.497 e. The molecule has 0 fully saturated rings. The van der Waals surface area contributed by atoms with Crippen molar-refractivity contribution < 1.29 is 23.8 Å². The van der Waals surface area contributed by atoms with Gasteiger partial charge in [-0.15, -0.1) is 11.3 Å². The highest BCUT2D eigenvalue weighted by atomic mass is 35.5. The number of esters is 1. The summed E-state index contributed by atoms with van der Waals surface area (Å²) in [5, 5.41) is 5.08. The quantitative estimate of drug-likeness (QED) is 0.157. The van der Waals surface area contributed by atoms with Gasteiger partial charge in [-0.1, -0.05) is 11.6 Å². The van der Waals surface area contributed by atoms with Crippen LogP contribution in [-0.2, 0) is 0 Å². The monoisotopic (exact) mass is 494 g/mol. The van der Waals surface area contributed by atoms with Crippen molar-refractivity contribution in [3.8, 4) is 17.2 Å². The lowest BCUT2D eigenvalue weighted by Crippen LogP contribution is -2.17. The molecule has 0 saturated heterocycles. The summed E-state index contributed by atoms with van der Waals surface area (Å²) in [6, 6.07) is 18.8. The lowest BCUT2D eigenvalue weighted by atomic mass is 10.2. The molecule has 34 heavy (non-hydrogen) atoms. The molecular weight excluding hydrogens is 476 g/mol. The molecule has 0 spiro atoms. The Morgan fingerprint density at radius 1 is 0.912 bits per heavy atom. The zero-order valence-corrected chi connectivity index (χ0v) is 19.8. The summed E-state index contributed by atoms with van der Waals surface area (Å²) in [4.78, 5) is 25.1. The number of ether oxygens (including phenoxy) is 3. The molecule has 9 heteroatoms. The maximum Gasteiger partial charge on any atom is 0.355 e. The summed E-state index contributed by atoms with van der Waals surface area (Å²) in [6.45, 7) is 0. The van der Waals surface area contributed by atoms with E-state index in [1.54, 1.807) is 68.8 Å². The summed E-state index contributed by atoms with van der Waals surface area (Å²) in [7, 11) is 3.14. The molecule has 4 rings (SSSR count). The molecular formula is C25H19ClN2O5S. The number of fused-ring (bicyclic) bond motifs is 1. The van der Waals surface area contributed by atoms with E-state index in [0.29, 0.717) is 38.3 Å². The van der Waals surface area contributed by atoms with Gasteiger partial charge in [-0.2, -0.15) is 5.10 Å². The Bertz CT molecular complexity index is 1360. The summed E-state index contributed by atoms with van der Waals surface area (Å²) in [5.41, 5.74) is 3.63. The van der Waals surface area contributed by atoms with Crippen molar-refractivity contribution in [3.63, 3.8) is 0 Å². The topological polar surface area (TPSA) is 86.2 Å². The summed E-state index contributed by atoms with van der Waals surface area (Å²) in [5.74, 6) is 0.814. The number of carbonyl (C=O) groups is 2. The van der Waals surface area contributed by atoms with Crippen LogP contribution in [0.25, 0.3) is 10.1 Å². The summed E-state index contributed by atoms with van der Waals surface area (Å²) in [6.07, 6.45) is 1.49. The number of hydrogen-bond acceptors (Lipinski definition) is 7. The van der Waals surface area contributed by atoms with E-state index in [1.165, 1.54) is 17.6 Å². The first-order valence-electron chi connectivity index (χ1n) is 10.0. The molecule has 0 saturated carbocycles. The molecule has 1 heterocycles. The molecule has 4 aromatic rings. The van der Waals surface area contributed by atoms with Crippen LogP contribution in [0.2, 0.25) is 5.02 Å². The number of halogens is 1. The van der Waals surface area contributed by atoms with Crippen LogP contribution >= 0.6 is 22.9 Å². The third kappa shape index (κ3) is 5.19. The van der Waals surface area contributed by atoms with E-state index in [2.05, 4.69) is 10.5 Å². The van der Waals surface area contributed by atoms with Crippen molar-refractivity contribution in [1.82, 2.24) is 5.43 Å². The average molecular weight is 495 g/mol. The minimum atomic E-state index is -0.543. The van der Waals surface area contributed by atoms with Gasteiger partial charge in [0.25, 0.3) is 5.91 Å². The number of hydrazone groups is 1. The number of amides is 1. The summed E-state index contributed by atoms with van der Waals surface area (Å²) >= 11 is 7.63. The first kappa shape index (κ1) is 23.3. The third-order valence-electron chi connectivity index (χ3n) is 4.84. The van der Waals surface area contributed by atoms with Gasteiger partial charge in [0.05, 0.1) is 25.5 Å². The minimum Gasteiger partial charge on any atom is -0.497 e. The standard InChI is InChI=1S/C25H19ClN2O5S/c1-31-17-9-5-16(6-10-17)24(29)28-27-14-15-3-7-18(8-4-15)33-25(30)23-22(26)20-12-11-19(32-2)13-21(20)34-23/h3-14H,1-2H3,(H,28,29)/b27-14-. The van der Waals surface area contributed by atoms with E-state index in [1.807, 2.05) is 12.1 Å². The second kappa shape index (κ2) is 10.4. The van der Waals surface area contributed by atoms with Gasteiger partial charge in [-0.05, 0) is 72.3 Å². The number of rotatable bonds is 7. The molecule has 3 aromatic carbocycles. The van der Waals surface area contributed by atoms with Crippen molar-refractivity contribution in [3.05, 3.63) is 87.8 Å². The van der Waals surface area contributed by atoms with Crippen LogP contribution in [0.5, 0.6) is 17.2 Å². The number of nitrogens with one attached hydrogen (secondary N) is 1. The zero-order chi connectivity index (χ0) is 24.1. The van der Waals surface area contributed by atoms with Crippen molar-refractivity contribution in [1.29, 1.82) is 0 Å². The van der Waals surface area contributed by atoms with E-state index in [4.69, 9.17) is 25.8 Å². The normalized spacial score (nSPS) is 10.9. The number of methoxy groups -OCH3 is 2. The highest BCUT2D eigenvalue weighted by Gasteiger charge is 2.19. The number of carbonyl (C=O) groups excluding carboxylic acids is 2. The zero-order valence-electron chi connectivity index (χ0n) is 18.2. The van der Waals surface area contributed by atoms with Gasteiger partial charge in [-0.3, -0.25) is 4.79 Å². The molecule has 7 nitrogen and oxygen atoms in total. The Balaban J connectivity index is 1.37. The molecule has 0 bridgehead atoms. The number of benzene rings is 3. The first-order chi connectivity index (χ1) is 16.5. The van der Waals surface area contributed by atoms with E-state index in [-0.39, 0.29) is 5.91 Å². The lowest BCUT2D eigenvalue weighted by Gasteiger charge is -2.04. The fraction of sp³-hybridized carbons (Fsp3) is 0.0800. The molecule has 0 aliphatic heterocycles. The highest BCUT2D eigenvalue weighted by molar-refractivity contribution is 7.21. The lowest BCUT2D eigenvalue weighted by molar-refractivity contribution is 0.0739. The Labute approximate surface area is 204 Å². The van der Waals surface area contributed by atoms with Crippen LogP contribution in [0.15, 0.2) is 71.8 Å². The molecule has 0 aliphatic carbocycles. The van der Waals surface area contributed by atoms with Crippen LogP contribution < -0.4 is 19.6 Å². The number of nitrogens with zero attached hydrogens (tertiary/aromatic N) is 1. The van der Waals surface area contributed by atoms with Crippen LogP contribution in [0, 0.1) is 0 Å². The molecule has 1 aromatic heterocycles.